The van der Waals surface area contributed by atoms with E-state index >= 15 is 0 Å². The fourth-order valence-electron chi connectivity index (χ4n) is 2.30. The van der Waals surface area contributed by atoms with Crippen molar-refractivity contribution in [3.8, 4) is 0 Å². The number of amides is 1. The topological polar surface area (TPSA) is 64.7 Å². The Kier molecular flexibility index (Phi) is 2.84. The van der Waals surface area contributed by atoms with Gasteiger partial charge in [0.05, 0.1) is 0 Å². The van der Waals surface area contributed by atoms with Crippen LogP contribution >= 0.6 is 0 Å². The SMILES string of the molecule is O=C(Cn1cccn1)NC1CCc2nccn2C1. The maximum Gasteiger partial charge on any atom is 0.242 e. The smallest absolute Gasteiger partial charge is 0.242 e. The molecule has 1 aliphatic heterocycles. The zero-order valence-electron chi connectivity index (χ0n) is 9.99. The molecule has 94 valence electrons. The Labute approximate surface area is 105 Å². The van der Waals surface area contributed by atoms with Crippen LogP contribution in [0.1, 0.15) is 12.2 Å². The number of nitrogens with one attached hydrogen (secondary N) is 1. The highest BCUT2D eigenvalue weighted by Gasteiger charge is 2.20. The van der Waals surface area contributed by atoms with Gasteiger partial charge in [0.15, 0.2) is 0 Å². The van der Waals surface area contributed by atoms with Gasteiger partial charge < -0.3 is 9.88 Å². The molecule has 1 atom stereocenters. The number of aryl methyl sites for hydroxylation is 1. The number of nitrogens with zero attached hydrogens (tertiary/aromatic N) is 4. The number of hydrogen-bond acceptors (Lipinski definition) is 3. The highest BCUT2D eigenvalue weighted by molar-refractivity contribution is 5.75. The van der Waals surface area contributed by atoms with Crippen LogP contribution in [0.15, 0.2) is 30.9 Å². The zero-order chi connectivity index (χ0) is 12.4. The molecule has 0 saturated heterocycles. The summed E-state index contributed by atoms with van der Waals surface area (Å²) in [6.45, 7) is 1.08. The normalized spacial score (nSPS) is 18.3. The number of carbonyl (C=O) groups is 1. The van der Waals surface area contributed by atoms with Gasteiger partial charge in [-0.3, -0.25) is 9.48 Å². The summed E-state index contributed by atoms with van der Waals surface area (Å²) in [5.74, 6) is 1.11. The second-order valence-electron chi connectivity index (χ2n) is 4.50. The first-order valence-electron chi connectivity index (χ1n) is 6.08. The van der Waals surface area contributed by atoms with E-state index in [-0.39, 0.29) is 18.5 Å². The molecule has 1 aliphatic rings. The molecule has 0 fully saturated rings. The lowest BCUT2D eigenvalue weighted by atomic mass is 10.1. The van der Waals surface area contributed by atoms with Gasteiger partial charge in [-0.15, -0.1) is 0 Å². The summed E-state index contributed by atoms with van der Waals surface area (Å²) >= 11 is 0. The van der Waals surface area contributed by atoms with Crippen LogP contribution in [0.25, 0.3) is 0 Å². The van der Waals surface area contributed by atoms with Crippen LogP contribution < -0.4 is 5.32 Å². The van der Waals surface area contributed by atoms with Gasteiger partial charge in [0.25, 0.3) is 0 Å². The van der Waals surface area contributed by atoms with Crippen LogP contribution in [-0.2, 0) is 24.3 Å². The summed E-state index contributed by atoms with van der Waals surface area (Å²) in [6, 6.07) is 2.00. The molecule has 0 aromatic carbocycles. The first-order chi connectivity index (χ1) is 8.81. The Morgan fingerprint density at radius 1 is 1.44 bits per heavy atom. The standard InChI is InChI=1S/C12H15N5O/c18-12(9-17-6-1-4-14-17)15-10-2-3-11-13-5-7-16(11)8-10/h1,4-7,10H,2-3,8-9H2,(H,15,18). The lowest BCUT2D eigenvalue weighted by molar-refractivity contribution is -0.122. The van der Waals surface area contributed by atoms with Gasteiger partial charge in [-0.1, -0.05) is 0 Å². The van der Waals surface area contributed by atoms with Gasteiger partial charge in [0.2, 0.25) is 5.91 Å². The molecule has 1 unspecified atom stereocenters. The molecule has 1 N–H and O–H groups in total. The third-order valence-corrected chi connectivity index (χ3v) is 3.17. The summed E-state index contributed by atoms with van der Waals surface area (Å²) in [6.07, 6.45) is 9.09. The van der Waals surface area contributed by atoms with Crippen LogP contribution in [0.2, 0.25) is 0 Å². The van der Waals surface area contributed by atoms with E-state index in [1.165, 1.54) is 0 Å². The number of imidazole rings is 1. The van der Waals surface area contributed by atoms with Crippen molar-refractivity contribution in [2.45, 2.75) is 32.0 Å². The predicted octanol–water partition coefficient (Wildman–Crippen LogP) is 0.211. The Morgan fingerprint density at radius 2 is 2.39 bits per heavy atom. The van der Waals surface area contributed by atoms with E-state index in [0.717, 1.165) is 25.2 Å². The maximum absolute atomic E-state index is 11.8. The molecular weight excluding hydrogens is 230 g/mol. The van der Waals surface area contributed by atoms with Gasteiger partial charge in [-0.25, -0.2) is 4.98 Å². The average molecular weight is 245 g/mol. The summed E-state index contributed by atoms with van der Waals surface area (Å²) in [7, 11) is 0. The van der Waals surface area contributed by atoms with Crippen LogP contribution in [0, 0.1) is 0 Å². The predicted molar refractivity (Wildman–Crippen MR) is 64.7 cm³/mol. The molecule has 18 heavy (non-hydrogen) atoms. The minimum Gasteiger partial charge on any atom is -0.350 e. The monoisotopic (exact) mass is 245 g/mol. The Bertz CT molecular complexity index is 530. The molecule has 0 saturated carbocycles. The van der Waals surface area contributed by atoms with Crippen LogP contribution in [0.5, 0.6) is 0 Å². The lowest BCUT2D eigenvalue weighted by Gasteiger charge is -2.24. The van der Waals surface area contributed by atoms with Crippen molar-refractivity contribution >= 4 is 5.91 Å². The van der Waals surface area contributed by atoms with Crippen molar-refractivity contribution < 1.29 is 4.79 Å². The number of carbonyl (C=O) groups excluding carboxylic acids is 1. The highest BCUT2D eigenvalue weighted by atomic mass is 16.2. The van der Waals surface area contributed by atoms with E-state index in [1.807, 2.05) is 18.5 Å². The van der Waals surface area contributed by atoms with Crippen molar-refractivity contribution in [3.05, 3.63) is 36.7 Å². The van der Waals surface area contributed by atoms with Crippen LogP contribution in [-0.4, -0.2) is 31.3 Å². The van der Waals surface area contributed by atoms with Gasteiger partial charge in [-0.05, 0) is 12.5 Å². The zero-order valence-corrected chi connectivity index (χ0v) is 9.99. The minimum absolute atomic E-state index is 0.00673. The van der Waals surface area contributed by atoms with E-state index in [0.29, 0.717) is 0 Å². The molecule has 0 radical (unpaired) electrons. The third-order valence-electron chi connectivity index (χ3n) is 3.17. The third kappa shape index (κ3) is 2.27. The molecule has 1 amide bonds. The van der Waals surface area contributed by atoms with E-state index in [9.17, 15) is 4.79 Å². The van der Waals surface area contributed by atoms with Crippen molar-refractivity contribution in [2.24, 2.45) is 0 Å². The average Bonchev–Trinajstić information content (AvgIpc) is 2.98. The largest absolute Gasteiger partial charge is 0.350 e. The summed E-state index contributed by atoms with van der Waals surface area (Å²) < 4.78 is 3.73. The molecule has 2 aromatic heterocycles. The maximum atomic E-state index is 11.8. The molecule has 0 bridgehead atoms. The van der Waals surface area contributed by atoms with Crippen molar-refractivity contribution in [3.63, 3.8) is 0 Å². The quantitative estimate of drug-likeness (QED) is 0.840. The molecular formula is C12H15N5O. The van der Waals surface area contributed by atoms with Crippen LogP contribution in [0.3, 0.4) is 0 Å². The number of aromatic nitrogens is 4. The van der Waals surface area contributed by atoms with Gasteiger partial charge in [0, 0.05) is 43.8 Å². The number of rotatable bonds is 3. The number of hydrogen-bond donors (Lipinski definition) is 1. The van der Waals surface area contributed by atoms with E-state index in [1.54, 1.807) is 17.1 Å². The first kappa shape index (κ1) is 11.0. The van der Waals surface area contributed by atoms with Crippen molar-refractivity contribution in [1.29, 1.82) is 0 Å². The summed E-state index contributed by atoms with van der Waals surface area (Å²) in [4.78, 5) is 16.1. The fourth-order valence-corrected chi connectivity index (χ4v) is 2.30. The van der Waals surface area contributed by atoms with E-state index < -0.39 is 0 Å². The molecule has 6 nitrogen and oxygen atoms in total. The number of fused-ring (bicyclic) bond motifs is 1. The van der Waals surface area contributed by atoms with Crippen molar-refractivity contribution in [2.75, 3.05) is 0 Å². The highest BCUT2D eigenvalue weighted by Crippen LogP contribution is 2.12. The van der Waals surface area contributed by atoms with Crippen molar-refractivity contribution in [1.82, 2.24) is 24.6 Å². The second kappa shape index (κ2) is 4.64. The Morgan fingerprint density at radius 3 is 3.22 bits per heavy atom. The molecule has 0 aliphatic carbocycles. The van der Waals surface area contributed by atoms with E-state index in [4.69, 9.17) is 0 Å². The second-order valence-corrected chi connectivity index (χ2v) is 4.50. The molecule has 3 rings (SSSR count). The van der Waals surface area contributed by atoms with E-state index in [2.05, 4.69) is 20.0 Å². The molecule has 6 heteroatoms. The van der Waals surface area contributed by atoms with Gasteiger partial charge in [-0.2, -0.15) is 5.10 Å². The lowest BCUT2D eigenvalue weighted by Crippen LogP contribution is -2.42. The summed E-state index contributed by atoms with van der Waals surface area (Å²) in [5.41, 5.74) is 0. The Balaban J connectivity index is 1.56. The summed E-state index contributed by atoms with van der Waals surface area (Å²) in [5, 5.41) is 7.06. The minimum atomic E-state index is 0.00673. The molecule has 3 heterocycles. The molecule has 0 spiro atoms. The molecule has 2 aromatic rings. The van der Waals surface area contributed by atoms with Gasteiger partial charge >= 0.3 is 0 Å². The first-order valence-corrected chi connectivity index (χ1v) is 6.08. The van der Waals surface area contributed by atoms with Gasteiger partial charge in [0.1, 0.15) is 12.4 Å². The fraction of sp³-hybridized carbons (Fsp3) is 0.417. The van der Waals surface area contributed by atoms with Crippen LogP contribution in [0.4, 0.5) is 0 Å². The Hall–Kier alpha value is -2.11.